The molecule has 5 heteroatoms. The van der Waals surface area contributed by atoms with E-state index in [0.29, 0.717) is 6.61 Å². The second-order valence-corrected chi connectivity index (χ2v) is 4.36. The van der Waals surface area contributed by atoms with Crippen molar-refractivity contribution < 1.29 is 17.9 Å². The molecule has 15 heavy (non-hydrogen) atoms. The van der Waals surface area contributed by atoms with Gasteiger partial charge in [0.2, 0.25) is 0 Å². The molecule has 0 saturated carbocycles. The molecular weight excluding hydrogens is 225 g/mol. The minimum Gasteiger partial charge on any atom is -0.362 e. The zero-order valence-electron chi connectivity index (χ0n) is 7.75. The van der Waals surface area contributed by atoms with Gasteiger partial charge >= 0.3 is 6.18 Å². The topological polar surface area (TPSA) is 9.23 Å². The van der Waals surface area contributed by atoms with Crippen LogP contribution in [0.4, 0.5) is 13.2 Å². The van der Waals surface area contributed by atoms with Gasteiger partial charge in [0.05, 0.1) is 12.2 Å². The van der Waals surface area contributed by atoms with Crippen LogP contribution >= 0.6 is 11.8 Å². The molecule has 1 nitrogen and oxygen atoms in total. The van der Waals surface area contributed by atoms with Crippen molar-refractivity contribution in [1.82, 2.24) is 0 Å². The number of rotatable bonds is 1. The average molecular weight is 234 g/mol. The van der Waals surface area contributed by atoms with Gasteiger partial charge < -0.3 is 4.74 Å². The normalized spacial score (nSPS) is 21.9. The van der Waals surface area contributed by atoms with Gasteiger partial charge in [0.25, 0.3) is 0 Å². The molecule has 0 N–H and O–H groups in total. The maximum absolute atomic E-state index is 12.3. The molecule has 82 valence electrons. The first-order valence-electron chi connectivity index (χ1n) is 4.48. The lowest BCUT2D eigenvalue weighted by atomic mass is 10.1. The van der Waals surface area contributed by atoms with Gasteiger partial charge in [-0.3, -0.25) is 0 Å². The molecule has 1 unspecified atom stereocenters. The molecule has 1 fully saturated rings. The number of hydrogen-bond donors (Lipinski definition) is 0. The van der Waals surface area contributed by atoms with Gasteiger partial charge in [-0.15, -0.1) is 11.8 Å². The van der Waals surface area contributed by atoms with Crippen LogP contribution < -0.4 is 0 Å². The minimum absolute atomic E-state index is 0.104. The molecule has 1 aromatic rings. The highest BCUT2D eigenvalue weighted by Gasteiger charge is 2.30. The maximum atomic E-state index is 12.3. The van der Waals surface area contributed by atoms with Crippen molar-refractivity contribution in [3.63, 3.8) is 0 Å². The molecule has 0 amide bonds. The van der Waals surface area contributed by atoms with Crippen molar-refractivity contribution in [1.29, 1.82) is 0 Å². The van der Waals surface area contributed by atoms with Crippen molar-refractivity contribution >= 4 is 11.8 Å². The van der Waals surface area contributed by atoms with Gasteiger partial charge in [-0.2, -0.15) is 13.2 Å². The molecule has 1 aliphatic rings. The smallest absolute Gasteiger partial charge is 0.362 e. The Morgan fingerprint density at radius 2 is 1.87 bits per heavy atom. The summed E-state index contributed by atoms with van der Waals surface area (Å²) < 4.78 is 42.1. The lowest BCUT2D eigenvalue weighted by molar-refractivity contribution is -0.137. The van der Waals surface area contributed by atoms with E-state index in [1.807, 2.05) is 0 Å². The Balaban J connectivity index is 2.16. The van der Waals surface area contributed by atoms with Crippen molar-refractivity contribution in [3.05, 3.63) is 35.4 Å². The van der Waals surface area contributed by atoms with E-state index >= 15 is 0 Å². The highest BCUT2D eigenvalue weighted by Crippen LogP contribution is 2.36. The summed E-state index contributed by atoms with van der Waals surface area (Å²) in [6, 6.07) is 5.15. The Kier molecular flexibility index (Phi) is 2.93. The van der Waals surface area contributed by atoms with Gasteiger partial charge in [0, 0.05) is 5.75 Å². The lowest BCUT2D eigenvalue weighted by Crippen LogP contribution is -2.05. The fourth-order valence-electron chi connectivity index (χ4n) is 1.38. The van der Waals surface area contributed by atoms with Crippen LogP contribution in [0.1, 0.15) is 16.6 Å². The number of halogens is 3. The van der Waals surface area contributed by atoms with Gasteiger partial charge in [0.1, 0.15) is 5.44 Å². The van der Waals surface area contributed by atoms with E-state index in [0.717, 1.165) is 23.4 Å². The van der Waals surface area contributed by atoms with E-state index in [1.165, 1.54) is 12.1 Å². The summed E-state index contributed by atoms with van der Waals surface area (Å²) >= 11 is 1.61. The number of thioether (sulfide) groups is 1. The summed E-state index contributed by atoms with van der Waals surface area (Å²) in [5.41, 5.74) is 0.0760. The molecule has 1 aliphatic heterocycles. The fourth-order valence-corrected chi connectivity index (χ4v) is 2.33. The van der Waals surface area contributed by atoms with Crippen molar-refractivity contribution in [2.45, 2.75) is 11.6 Å². The molecule has 1 atom stereocenters. The third-order valence-corrected chi connectivity index (χ3v) is 3.25. The van der Waals surface area contributed by atoms with Crippen LogP contribution in [0.3, 0.4) is 0 Å². The van der Waals surface area contributed by atoms with E-state index < -0.39 is 11.7 Å². The molecule has 0 aromatic heterocycles. The summed E-state index contributed by atoms with van der Waals surface area (Å²) in [5, 5.41) is 0. The van der Waals surface area contributed by atoms with E-state index in [-0.39, 0.29) is 5.44 Å². The van der Waals surface area contributed by atoms with Crippen LogP contribution in [-0.4, -0.2) is 12.4 Å². The average Bonchev–Trinajstić information content (AvgIpc) is 2.69. The van der Waals surface area contributed by atoms with Gasteiger partial charge in [-0.1, -0.05) is 12.1 Å². The van der Waals surface area contributed by atoms with Crippen LogP contribution in [-0.2, 0) is 10.9 Å². The van der Waals surface area contributed by atoms with Crippen molar-refractivity contribution in [2.24, 2.45) is 0 Å². The highest BCUT2D eigenvalue weighted by atomic mass is 32.2. The monoisotopic (exact) mass is 234 g/mol. The Hall–Kier alpha value is -0.680. The number of alkyl halides is 3. The molecule has 1 heterocycles. The predicted octanol–water partition coefficient (Wildman–Crippen LogP) is 3.47. The zero-order valence-corrected chi connectivity index (χ0v) is 8.57. The summed E-state index contributed by atoms with van der Waals surface area (Å²) in [6.45, 7) is 0.663. The summed E-state index contributed by atoms with van der Waals surface area (Å²) in [5.74, 6) is 0.895. The second-order valence-electron chi connectivity index (χ2n) is 3.19. The maximum Gasteiger partial charge on any atom is 0.416 e. The summed E-state index contributed by atoms with van der Waals surface area (Å²) in [7, 11) is 0. The lowest BCUT2D eigenvalue weighted by Gasteiger charge is -2.11. The molecule has 0 radical (unpaired) electrons. The largest absolute Gasteiger partial charge is 0.416 e. The minimum atomic E-state index is -4.26. The van der Waals surface area contributed by atoms with Crippen molar-refractivity contribution in [2.75, 3.05) is 12.4 Å². The SMILES string of the molecule is FC(F)(F)c1ccc(C2OCCS2)cc1. The molecule has 1 aromatic carbocycles. The van der Waals surface area contributed by atoms with Crippen LogP contribution in [0.5, 0.6) is 0 Å². The predicted molar refractivity (Wildman–Crippen MR) is 52.6 cm³/mol. The first-order valence-corrected chi connectivity index (χ1v) is 5.52. The third kappa shape index (κ3) is 2.46. The molecule has 2 rings (SSSR count). The molecule has 0 bridgehead atoms. The first-order chi connectivity index (χ1) is 7.07. The highest BCUT2D eigenvalue weighted by molar-refractivity contribution is 7.99. The number of ether oxygens (including phenoxy) is 1. The van der Waals surface area contributed by atoms with E-state index in [4.69, 9.17) is 4.74 Å². The quantitative estimate of drug-likeness (QED) is 0.735. The van der Waals surface area contributed by atoms with E-state index in [1.54, 1.807) is 11.8 Å². The van der Waals surface area contributed by atoms with Gasteiger partial charge in [-0.25, -0.2) is 0 Å². The van der Waals surface area contributed by atoms with Crippen LogP contribution in [0.2, 0.25) is 0 Å². The van der Waals surface area contributed by atoms with Crippen LogP contribution in [0.15, 0.2) is 24.3 Å². The Morgan fingerprint density at radius 1 is 1.20 bits per heavy atom. The second kappa shape index (κ2) is 4.06. The van der Waals surface area contributed by atoms with Crippen molar-refractivity contribution in [3.8, 4) is 0 Å². The van der Waals surface area contributed by atoms with Gasteiger partial charge in [-0.05, 0) is 17.7 Å². The molecular formula is C10H9F3OS. The Bertz CT molecular complexity index is 328. The Morgan fingerprint density at radius 3 is 2.33 bits per heavy atom. The van der Waals surface area contributed by atoms with E-state index in [2.05, 4.69) is 0 Å². The van der Waals surface area contributed by atoms with Crippen LogP contribution in [0, 0.1) is 0 Å². The fraction of sp³-hybridized carbons (Fsp3) is 0.400. The Labute approximate surface area is 89.6 Å². The van der Waals surface area contributed by atoms with E-state index in [9.17, 15) is 13.2 Å². The summed E-state index contributed by atoms with van der Waals surface area (Å²) in [4.78, 5) is 0. The first kappa shape index (κ1) is 10.8. The number of benzene rings is 1. The molecule has 0 aliphatic carbocycles. The van der Waals surface area contributed by atoms with Crippen LogP contribution in [0.25, 0.3) is 0 Å². The zero-order chi connectivity index (χ0) is 10.9. The summed E-state index contributed by atoms with van der Waals surface area (Å²) in [6.07, 6.45) is -4.26. The standard InChI is InChI=1S/C10H9F3OS/c11-10(12,13)8-3-1-7(2-4-8)9-14-5-6-15-9/h1-4,9H,5-6H2. The molecule has 1 saturated heterocycles. The third-order valence-electron chi connectivity index (χ3n) is 2.13. The molecule has 0 spiro atoms. The number of hydrogen-bond acceptors (Lipinski definition) is 2. The van der Waals surface area contributed by atoms with Gasteiger partial charge in [0.15, 0.2) is 0 Å².